The maximum atomic E-state index is 12.3. The highest BCUT2D eigenvalue weighted by Crippen LogP contribution is 2.30. The van der Waals surface area contributed by atoms with E-state index in [-0.39, 0.29) is 23.3 Å². The summed E-state index contributed by atoms with van der Waals surface area (Å²) in [5.74, 6) is 0.133. The molecule has 17 heavy (non-hydrogen) atoms. The van der Waals surface area contributed by atoms with Gasteiger partial charge in [0, 0.05) is 25.1 Å². The van der Waals surface area contributed by atoms with Crippen molar-refractivity contribution in [1.29, 1.82) is 0 Å². The highest BCUT2D eigenvalue weighted by molar-refractivity contribution is 5.83. The highest BCUT2D eigenvalue weighted by Gasteiger charge is 2.38. The van der Waals surface area contributed by atoms with E-state index < -0.39 is 0 Å². The summed E-state index contributed by atoms with van der Waals surface area (Å²) in [6.07, 6.45) is 2.89. The molecule has 1 amide bonds. The SMILES string of the molecule is CCC1(C(=O)NCC(C)(C)CO)CCCNC1. The first kappa shape index (κ1) is 14.5. The Morgan fingerprint density at radius 3 is 2.71 bits per heavy atom. The van der Waals surface area contributed by atoms with Crippen molar-refractivity contribution in [1.82, 2.24) is 10.6 Å². The molecule has 0 saturated carbocycles. The van der Waals surface area contributed by atoms with Crippen molar-refractivity contribution < 1.29 is 9.90 Å². The largest absolute Gasteiger partial charge is 0.396 e. The van der Waals surface area contributed by atoms with Gasteiger partial charge in [-0.1, -0.05) is 20.8 Å². The number of hydrogen-bond acceptors (Lipinski definition) is 3. The number of amides is 1. The molecule has 4 heteroatoms. The van der Waals surface area contributed by atoms with Crippen LogP contribution in [0.2, 0.25) is 0 Å². The summed E-state index contributed by atoms with van der Waals surface area (Å²) >= 11 is 0. The Kier molecular flexibility index (Phi) is 4.95. The first-order chi connectivity index (χ1) is 7.96. The lowest BCUT2D eigenvalue weighted by Crippen LogP contribution is -2.51. The van der Waals surface area contributed by atoms with Crippen LogP contribution >= 0.6 is 0 Å². The van der Waals surface area contributed by atoms with Crippen LogP contribution in [-0.2, 0) is 4.79 Å². The zero-order chi connectivity index (χ0) is 12.9. The van der Waals surface area contributed by atoms with Crippen molar-refractivity contribution in [3.05, 3.63) is 0 Å². The first-order valence-corrected chi connectivity index (χ1v) is 6.56. The van der Waals surface area contributed by atoms with Crippen molar-refractivity contribution in [3.63, 3.8) is 0 Å². The Labute approximate surface area is 104 Å². The van der Waals surface area contributed by atoms with E-state index in [0.717, 1.165) is 32.4 Å². The molecule has 0 aliphatic carbocycles. The van der Waals surface area contributed by atoms with Crippen LogP contribution in [0.1, 0.15) is 40.0 Å². The van der Waals surface area contributed by atoms with Crippen LogP contribution < -0.4 is 10.6 Å². The van der Waals surface area contributed by atoms with Crippen LogP contribution in [-0.4, -0.2) is 37.3 Å². The predicted octanol–water partition coefficient (Wildman–Crippen LogP) is 0.901. The lowest BCUT2D eigenvalue weighted by molar-refractivity contribution is -0.132. The average Bonchev–Trinajstić information content (AvgIpc) is 2.37. The van der Waals surface area contributed by atoms with Gasteiger partial charge in [-0.15, -0.1) is 0 Å². The molecule has 1 saturated heterocycles. The molecule has 0 aromatic heterocycles. The number of carbonyl (C=O) groups is 1. The molecule has 0 aromatic carbocycles. The minimum absolute atomic E-state index is 0.0880. The highest BCUT2D eigenvalue weighted by atomic mass is 16.3. The van der Waals surface area contributed by atoms with Crippen molar-refractivity contribution in [2.24, 2.45) is 10.8 Å². The minimum atomic E-state index is -0.246. The fraction of sp³-hybridized carbons (Fsp3) is 0.923. The molecule has 1 unspecified atom stereocenters. The second kappa shape index (κ2) is 5.83. The summed E-state index contributed by atoms with van der Waals surface area (Å²) in [5.41, 5.74) is -0.490. The molecule has 1 rings (SSSR count). The topological polar surface area (TPSA) is 61.4 Å². The molecule has 0 bridgehead atoms. The zero-order valence-electron chi connectivity index (χ0n) is 11.3. The summed E-state index contributed by atoms with van der Waals surface area (Å²) in [6.45, 7) is 8.38. The van der Waals surface area contributed by atoms with E-state index >= 15 is 0 Å². The number of nitrogens with one attached hydrogen (secondary N) is 2. The second-order valence-electron chi connectivity index (χ2n) is 5.92. The van der Waals surface area contributed by atoms with Crippen molar-refractivity contribution in [2.45, 2.75) is 40.0 Å². The maximum absolute atomic E-state index is 12.3. The monoisotopic (exact) mass is 242 g/mol. The third-order valence-corrected chi connectivity index (χ3v) is 3.79. The first-order valence-electron chi connectivity index (χ1n) is 6.56. The molecular formula is C13H26N2O2. The van der Waals surface area contributed by atoms with Crippen LogP contribution in [0.4, 0.5) is 0 Å². The Hall–Kier alpha value is -0.610. The van der Waals surface area contributed by atoms with Crippen LogP contribution in [0.15, 0.2) is 0 Å². The van der Waals surface area contributed by atoms with Gasteiger partial charge in [-0.3, -0.25) is 4.79 Å². The van der Waals surface area contributed by atoms with E-state index in [0.29, 0.717) is 6.54 Å². The normalized spacial score (nSPS) is 25.6. The van der Waals surface area contributed by atoms with E-state index in [1.807, 2.05) is 13.8 Å². The molecular weight excluding hydrogens is 216 g/mol. The fourth-order valence-electron chi connectivity index (χ4n) is 2.19. The van der Waals surface area contributed by atoms with E-state index in [2.05, 4.69) is 17.6 Å². The number of carbonyl (C=O) groups excluding carboxylic acids is 1. The van der Waals surface area contributed by atoms with Gasteiger partial charge in [-0.25, -0.2) is 0 Å². The Balaban J connectivity index is 2.55. The van der Waals surface area contributed by atoms with Gasteiger partial charge in [0.2, 0.25) is 5.91 Å². The lowest BCUT2D eigenvalue weighted by Gasteiger charge is -2.36. The van der Waals surface area contributed by atoms with Gasteiger partial charge < -0.3 is 15.7 Å². The van der Waals surface area contributed by atoms with Crippen molar-refractivity contribution in [2.75, 3.05) is 26.2 Å². The summed E-state index contributed by atoms with van der Waals surface area (Å²) in [5, 5.41) is 15.5. The minimum Gasteiger partial charge on any atom is -0.396 e. The Morgan fingerprint density at radius 2 is 2.24 bits per heavy atom. The quantitative estimate of drug-likeness (QED) is 0.671. The second-order valence-corrected chi connectivity index (χ2v) is 5.92. The fourth-order valence-corrected chi connectivity index (χ4v) is 2.19. The van der Waals surface area contributed by atoms with Gasteiger partial charge in [-0.2, -0.15) is 0 Å². The number of aliphatic hydroxyl groups is 1. The summed E-state index contributed by atoms with van der Waals surface area (Å²) in [6, 6.07) is 0. The molecule has 3 N–H and O–H groups in total. The third kappa shape index (κ3) is 3.68. The summed E-state index contributed by atoms with van der Waals surface area (Å²) in [7, 11) is 0. The van der Waals surface area contributed by atoms with Crippen molar-refractivity contribution in [3.8, 4) is 0 Å². The van der Waals surface area contributed by atoms with Crippen LogP contribution in [0.5, 0.6) is 0 Å². The molecule has 0 aromatic rings. The maximum Gasteiger partial charge on any atom is 0.227 e. The smallest absolute Gasteiger partial charge is 0.227 e. The predicted molar refractivity (Wildman–Crippen MR) is 68.7 cm³/mol. The number of piperidine rings is 1. The van der Waals surface area contributed by atoms with Gasteiger partial charge >= 0.3 is 0 Å². The lowest BCUT2D eigenvalue weighted by atomic mass is 9.77. The molecule has 1 atom stereocenters. The van der Waals surface area contributed by atoms with Crippen LogP contribution in [0.3, 0.4) is 0 Å². The van der Waals surface area contributed by atoms with Crippen molar-refractivity contribution >= 4 is 5.91 Å². The molecule has 4 nitrogen and oxygen atoms in total. The molecule has 1 fully saturated rings. The van der Waals surface area contributed by atoms with E-state index in [1.165, 1.54) is 0 Å². The Bertz CT molecular complexity index is 258. The number of aliphatic hydroxyl groups excluding tert-OH is 1. The zero-order valence-corrected chi connectivity index (χ0v) is 11.3. The van der Waals surface area contributed by atoms with Crippen LogP contribution in [0, 0.1) is 10.8 Å². The van der Waals surface area contributed by atoms with E-state index in [1.54, 1.807) is 0 Å². The molecule has 1 aliphatic heterocycles. The van der Waals surface area contributed by atoms with Crippen LogP contribution in [0.25, 0.3) is 0 Å². The van der Waals surface area contributed by atoms with Gasteiger partial charge in [0.15, 0.2) is 0 Å². The molecule has 0 spiro atoms. The van der Waals surface area contributed by atoms with Gasteiger partial charge in [-0.05, 0) is 25.8 Å². The summed E-state index contributed by atoms with van der Waals surface area (Å²) < 4.78 is 0. The Morgan fingerprint density at radius 1 is 1.53 bits per heavy atom. The molecule has 1 heterocycles. The summed E-state index contributed by atoms with van der Waals surface area (Å²) in [4.78, 5) is 12.3. The number of hydrogen-bond donors (Lipinski definition) is 3. The average molecular weight is 242 g/mol. The molecule has 0 radical (unpaired) electrons. The number of rotatable bonds is 5. The van der Waals surface area contributed by atoms with Gasteiger partial charge in [0.05, 0.1) is 5.41 Å². The van der Waals surface area contributed by atoms with Gasteiger partial charge in [0.25, 0.3) is 0 Å². The third-order valence-electron chi connectivity index (χ3n) is 3.79. The molecule has 100 valence electrons. The standard InChI is InChI=1S/C13H26N2O2/c1-4-13(6-5-7-14-9-13)11(17)15-8-12(2,3)10-16/h14,16H,4-10H2,1-3H3,(H,15,17). The van der Waals surface area contributed by atoms with Gasteiger partial charge in [0.1, 0.15) is 0 Å². The van der Waals surface area contributed by atoms with E-state index in [9.17, 15) is 9.90 Å². The molecule has 1 aliphatic rings. The van der Waals surface area contributed by atoms with E-state index in [4.69, 9.17) is 0 Å².